The van der Waals surface area contributed by atoms with Gasteiger partial charge in [-0.3, -0.25) is 9.59 Å². The third-order valence-electron chi connectivity index (χ3n) is 4.30. The minimum absolute atomic E-state index is 0.0182. The van der Waals surface area contributed by atoms with E-state index in [1.54, 1.807) is 0 Å². The van der Waals surface area contributed by atoms with Crippen molar-refractivity contribution in [3.05, 3.63) is 35.9 Å². The molecule has 22 heavy (non-hydrogen) atoms. The Hall–Kier alpha value is -1.88. The second-order valence-electron chi connectivity index (χ2n) is 6.03. The van der Waals surface area contributed by atoms with E-state index in [0.717, 1.165) is 25.0 Å². The van der Waals surface area contributed by atoms with Crippen molar-refractivity contribution < 1.29 is 14.3 Å². The average Bonchev–Trinajstić information content (AvgIpc) is 3.19. The van der Waals surface area contributed by atoms with Crippen molar-refractivity contribution in [2.45, 2.75) is 31.9 Å². The van der Waals surface area contributed by atoms with Gasteiger partial charge in [0.2, 0.25) is 11.8 Å². The summed E-state index contributed by atoms with van der Waals surface area (Å²) in [5.74, 6) is -0.387. The number of ether oxygens (including phenoxy) is 1. The van der Waals surface area contributed by atoms with Crippen molar-refractivity contribution in [1.82, 2.24) is 10.6 Å². The smallest absolute Gasteiger partial charge is 0.224 e. The van der Waals surface area contributed by atoms with E-state index in [0.29, 0.717) is 19.5 Å². The number of hydrogen-bond acceptors (Lipinski definition) is 3. The predicted octanol–water partition coefficient (Wildman–Crippen LogP) is 1.23. The summed E-state index contributed by atoms with van der Waals surface area (Å²) in [5.41, 5.74) is 1.07. The number of hydrogen-bond donors (Lipinski definition) is 2. The SMILES string of the molecule is O=C(NCc1ccccc1)C1CC1C(=O)NCC1CCCO1. The Kier molecular flexibility index (Phi) is 4.73. The molecule has 1 saturated heterocycles. The summed E-state index contributed by atoms with van der Waals surface area (Å²) >= 11 is 0. The van der Waals surface area contributed by atoms with Gasteiger partial charge in [-0.2, -0.15) is 0 Å². The van der Waals surface area contributed by atoms with Crippen molar-refractivity contribution in [2.75, 3.05) is 13.2 Å². The number of carbonyl (C=O) groups excluding carboxylic acids is 2. The first kappa shape index (κ1) is 15.0. The van der Waals surface area contributed by atoms with E-state index in [4.69, 9.17) is 4.74 Å². The largest absolute Gasteiger partial charge is 0.376 e. The second kappa shape index (κ2) is 6.92. The van der Waals surface area contributed by atoms with Crippen LogP contribution in [0.25, 0.3) is 0 Å². The van der Waals surface area contributed by atoms with Gasteiger partial charge in [-0.15, -0.1) is 0 Å². The summed E-state index contributed by atoms with van der Waals surface area (Å²) < 4.78 is 5.47. The molecule has 1 aliphatic carbocycles. The van der Waals surface area contributed by atoms with Gasteiger partial charge in [0.25, 0.3) is 0 Å². The molecule has 2 fully saturated rings. The summed E-state index contributed by atoms with van der Waals surface area (Å²) in [6.45, 7) is 1.86. The normalized spacial score (nSPS) is 26.5. The molecule has 0 radical (unpaired) electrons. The fourth-order valence-electron chi connectivity index (χ4n) is 2.84. The van der Waals surface area contributed by atoms with Gasteiger partial charge in [0.15, 0.2) is 0 Å². The topological polar surface area (TPSA) is 67.4 Å². The monoisotopic (exact) mass is 302 g/mol. The zero-order chi connectivity index (χ0) is 15.4. The fraction of sp³-hybridized carbons (Fsp3) is 0.529. The standard InChI is InChI=1S/C17H22N2O3/c20-16(18-10-12-5-2-1-3-6-12)14-9-15(14)17(21)19-11-13-7-4-8-22-13/h1-3,5-6,13-15H,4,7-11H2,(H,18,20)(H,19,21). The minimum Gasteiger partial charge on any atom is -0.376 e. The molecule has 3 atom stereocenters. The Labute approximate surface area is 130 Å². The molecule has 3 rings (SSSR count). The van der Waals surface area contributed by atoms with Crippen LogP contribution in [0.5, 0.6) is 0 Å². The quantitative estimate of drug-likeness (QED) is 0.830. The molecule has 2 amide bonds. The van der Waals surface area contributed by atoms with Gasteiger partial charge in [-0.1, -0.05) is 30.3 Å². The molecule has 0 aromatic heterocycles. The summed E-state index contributed by atoms with van der Waals surface area (Å²) in [4.78, 5) is 24.0. The summed E-state index contributed by atoms with van der Waals surface area (Å²) in [6.07, 6.45) is 2.87. The van der Waals surface area contributed by atoms with Crippen LogP contribution in [0.15, 0.2) is 30.3 Å². The molecule has 1 aliphatic heterocycles. The Morgan fingerprint density at radius 1 is 1.09 bits per heavy atom. The van der Waals surface area contributed by atoms with Gasteiger partial charge < -0.3 is 15.4 Å². The maximum atomic E-state index is 12.0. The fourth-order valence-corrected chi connectivity index (χ4v) is 2.84. The third-order valence-corrected chi connectivity index (χ3v) is 4.30. The van der Waals surface area contributed by atoms with Crippen LogP contribution < -0.4 is 10.6 Å². The number of carbonyl (C=O) groups is 2. The lowest BCUT2D eigenvalue weighted by Gasteiger charge is -2.10. The van der Waals surface area contributed by atoms with Crippen LogP contribution in [-0.4, -0.2) is 31.1 Å². The molecule has 0 spiro atoms. The highest BCUT2D eigenvalue weighted by Gasteiger charge is 2.47. The highest BCUT2D eigenvalue weighted by Crippen LogP contribution is 2.38. The maximum Gasteiger partial charge on any atom is 0.224 e. The zero-order valence-electron chi connectivity index (χ0n) is 12.6. The van der Waals surface area contributed by atoms with Crippen molar-refractivity contribution in [1.29, 1.82) is 0 Å². The predicted molar refractivity (Wildman–Crippen MR) is 81.9 cm³/mol. The molecule has 2 aliphatic rings. The van der Waals surface area contributed by atoms with Gasteiger partial charge >= 0.3 is 0 Å². The van der Waals surface area contributed by atoms with Gasteiger partial charge in [-0.25, -0.2) is 0 Å². The molecule has 1 heterocycles. The van der Waals surface area contributed by atoms with Crippen LogP contribution in [0.3, 0.4) is 0 Å². The van der Waals surface area contributed by atoms with E-state index >= 15 is 0 Å². The Balaban J connectivity index is 1.37. The summed E-state index contributed by atoms with van der Waals surface area (Å²) in [5, 5.41) is 5.80. The number of rotatable bonds is 6. The van der Waals surface area contributed by atoms with Crippen molar-refractivity contribution in [2.24, 2.45) is 11.8 Å². The van der Waals surface area contributed by atoms with Crippen molar-refractivity contribution >= 4 is 11.8 Å². The summed E-state index contributed by atoms with van der Waals surface area (Å²) in [6, 6.07) is 9.78. The Bertz CT molecular complexity index is 526. The van der Waals surface area contributed by atoms with E-state index in [-0.39, 0.29) is 29.8 Å². The molecule has 1 saturated carbocycles. The molecule has 1 aromatic rings. The molecule has 118 valence electrons. The highest BCUT2D eigenvalue weighted by atomic mass is 16.5. The molecule has 3 unspecified atom stereocenters. The first-order valence-electron chi connectivity index (χ1n) is 7.95. The van der Waals surface area contributed by atoms with Crippen LogP contribution in [0.1, 0.15) is 24.8 Å². The molecule has 0 bridgehead atoms. The molecular weight excluding hydrogens is 280 g/mol. The lowest BCUT2D eigenvalue weighted by Crippen LogP contribution is -2.34. The van der Waals surface area contributed by atoms with Crippen molar-refractivity contribution in [3.63, 3.8) is 0 Å². The molecular formula is C17H22N2O3. The summed E-state index contributed by atoms with van der Waals surface area (Å²) in [7, 11) is 0. The van der Waals surface area contributed by atoms with Crippen LogP contribution in [0.4, 0.5) is 0 Å². The van der Waals surface area contributed by atoms with Crippen LogP contribution in [-0.2, 0) is 20.9 Å². The van der Waals surface area contributed by atoms with E-state index < -0.39 is 0 Å². The molecule has 1 aromatic carbocycles. The van der Waals surface area contributed by atoms with Crippen LogP contribution in [0, 0.1) is 11.8 Å². The first-order valence-corrected chi connectivity index (χ1v) is 7.95. The number of nitrogens with one attached hydrogen (secondary N) is 2. The van der Waals surface area contributed by atoms with Gasteiger partial charge in [0, 0.05) is 19.7 Å². The third kappa shape index (κ3) is 3.85. The van der Waals surface area contributed by atoms with E-state index in [1.165, 1.54) is 0 Å². The van der Waals surface area contributed by atoms with Gasteiger partial charge in [0.05, 0.1) is 17.9 Å². The average molecular weight is 302 g/mol. The Morgan fingerprint density at radius 2 is 1.82 bits per heavy atom. The Morgan fingerprint density at radius 3 is 2.50 bits per heavy atom. The number of benzene rings is 1. The maximum absolute atomic E-state index is 12.0. The first-order chi connectivity index (χ1) is 10.7. The molecule has 5 nitrogen and oxygen atoms in total. The van der Waals surface area contributed by atoms with Crippen LogP contribution in [0.2, 0.25) is 0 Å². The van der Waals surface area contributed by atoms with E-state index in [9.17, 15) is 9.59 Å². The second-order valence-corrected chi connectivity index (χ2v) is 6.03. The van der Waals surface area contributed by atoms with E-state index in [1.807, 2.05) is 30.3 Å². The van der Waals surface area contributed by atoms with E-state index in [2.05, 4.69) is 10.6 Å². The number of amides is 2. The lowest BCUT2D eigenvalue weighted by atomic mass is 10.2. The van der Waals surface area contributed by atoms with Gasteiger partial charge in [0.1, 0.15) is 0 Å². The molecule has 2 N–H and O–H groups in total. The lowest BCUT2D eigenvalue weighted by molar-refractivity contribution is -0.127. The molecule has 5 heteroatoms. The zero-order valence-corrected chi connectivity index (χ0v) is 12.6. The van der Waals surface area contributed by atoms with Gasteiger partial charge in [-0.05, 0) is 24.8 Å². The van der Waals surface area contributed by atoms with Crippen molar-refractivity contribution in [3.8, 4) is 0 Å². The minimum atomic E-state index is -0.173. The highest BCUT2D eigenvalue weighted by molar-refractivity contribution is 5.92. The van der Waals surface area contributed by atoms with Crippen LogP contribution >= 0.6 is 0 Å².